The van der Waals surface area contributed by atoms with Crippen molar-refractivity contribution >= 4 is 28.2 Å². The summed E-state index contributed by atoms with van der Waals surface area (Å²) < 4.78 is 11.7. The topological polar surface area (TPSA) is 42.7 Å². The fourth-order valence-electron chi connectivity index (χ4n) is 3.37. The van der Waals surface area contributed by atoms with Crippen molar-refractivity contribution in [1.29, 1.82) is 0 Å². The van der Waals surface area contributed by atoms with Crippen LogP contribution in [0.3, 0.4) is 0 Å². The SMILES string of the molecule is Cc1c(C(=O)N(Cc2cccs2)CC2CCCO2)oc2ccccc12. The quantitative estimate of drug-likeness (QED) is 0.670. The van der Waals surface area contributed by atoms with Gasteiger partial charge in [0.25, 0.3) is 5.91 Å². The van der Waals surface area contributed by atoms with Gasteiger partial charge in [-0.3, -0.25) is 4.79 Å². The van der Waals surface area contributed by atoms with Gasteiger partial charge in [-0.05, 0) is 37.3 Å². The van der Waals surface area contributed by atoms with Gasteiger partial charge in [-0.2, -0.15) is 0 Å². The van der Waals surface area contributed by atoms with Crippen molar-refractivity contribution in [3.05, 3.63) is 58.0 Å². The molecule has 1 saturated heterocycles. The number of hydrogen-bond acceptors (Lipinski definition) is 4. The minimum absolute atomic E-state index is 0.0578. The summed E-state index contributed by atoms with van der Waals surface area (Å²) >= 11 is 1.67. The van der Waals surface area contributed by atoms with Gasteiger partial charge in [-0.1, -0.05) is 24.3 Å². The highest BCUT2D eigenvalue weighted by molar-refractivity contribution is 7.09. The summed E-state index contributed by atoms with van der Waals surface area (Å²) in [4.78, 5) is 16.3. The van der Waals surface area contributed by atoms with Crippen LogP contribution in [0.4, 0.5) is 0 Å². The minimum atomic E-state index is -0.0578. The van der Waals surface area contributed by atoms with Crippen LogP contribution in [0.15, 0.2) is 46.2 Å². The molecule has 0 aliphatic carbocycles. The molecule has 1 fully saturated rings. The molecule has 1 atom stereocenters. The number of amides is 1. The molecule has 0 saturated carbocycles. The molecule has 0 N–H and O–H groups in total. The molecule has 3 aromatic rings. The number of aryl methyl sites for hydroxylation is 1. The third-order valence-electron chi connectivity index (χ3n) is 4.70. The fraction of sp³-hybridized carbons (Fsp3) is 0.350. The number of fused-ring (bicyclic) bond motifs is 1. The van der Waals surface area contributed by atoms with Crippen molar-refractivity contribution in [2.75, 3.05) is 13.2 Å². The number of rotatable bonds is 5. The highest BCUT2D eigenvalue weighted by atomic mass is 32.1. The minimum Gasteiger partial charge on any atom is -0.451 e. The molecule has 1 unspecified atom stereocenters. The predicted molar refractivity (Wildman–Crippen MR) is 99.0 cm³/mol. The first-order chi connectivity index (χ1) is 12.2. The van der Waals surface area contributed by atoms with E-state index in [-0.39, 0.29) is 12.0 Å². The molecular formula is C20H21NO3S. The Morgan fingerprint density at radius 1 is 1.28 bits per heavy atom. The molecule has 1 aliphatic heterocycles. The molecule has 130 valence electrons. The summed E-state index contributed by atoms with van der Waals surface area (Å²) in [6.45, 7) is 3.93. The average molecular weight is 355 g/mol. The van der Waals surface area contributed by atoms with E-state index in [9.17, 15) is 4.79 Å². The lowest BCUT2D eigenvalue weighted by atomic mass is 10.1. The van der Waals surface area contributed by atoms with Gasteiger partial charge in [-0.15, -0.1) is 11.3 Å². The van der Waals surface area contributed by atoms with Crippen molar-refractivity contribution in [2.45, 2.75) is 32.4 Å². The van der Waals surface area contributed by atoms with Crippen LogP contribution >= 0.6 is 11.3 Å². The van der Waals surface area contributed by atoms with Gasteiger partial charge in [0.2, 0.25) is 0 Å². The lowest BCUT2D eigenvalue weighted by molar-refractivity contribution is 0.0487. The van der Waals surface area contributed by atoms with Crippen molar-refractivity contribution in [2.24, 2.45) is 0 Å². The predicted octanol–water partition coefficient (Wildman–Crippen LogP) is 4.62. The van der Waals surface area contributed by atoms with Gasteiger partial charge in [0, 0.05) is 29.0 Å². The zero-order valence-electron chi connectivity index (χ0n) is 14.2. The molecule has 1 amide bonds. The third kappa shape index (κ3) is 3.34. The van der Waals surface area contributed by atoms with E-state index in [1.54, 1.807) is 11.3 Å². The number of ether oxygens (including phenoxy) is 1. The van der Waals surface area contributed by atoms with Gasteiger partial charge < -0.3 is 14.1 Å². The highest BCUT2D eigenvalue weighted by Crippen LogP contribution is 2.27. The number of para-hydroxylation sites is 1. The van der Waals surface area contributed by atoms with Crippen LogP contribution in [0, 0.1) is 6.92 Å². The monoisotopic (exact) mass is 355 g/mol. The maximum atomic E-state index is 13.2. The molecule has 4 rings (SSSR count). The molecule has 25 heavy (non-hydrogen) atoms. The summed E-state index contributed by atoms with van der Waals surface area (Å²) in [7, 11) is 0. The van der Waals surface area contributed by atoms with E-state index >= 15 is 0 Å². The molecular weight excluding hydrogens is 334 g/mol. The second-order valence-electron chi connectivity index (χ2n) is 6.45. The Balaban J connectivity index is 1.64. The van der Waals surface area contributed by atoms with E-state index in [0.29, 0.717) is 18.8 Å². The Morgan fingerprint density at radius 2 is 2.16 bits per heavy atom. The van der Waals surface area contributed by atoms with E-state index in [2.05, 4.69) is 6.07 Å². The Morgan fingerprint density at radius 3 is 2.88 bits per heavy atom. The number of hydrogen-bond donors (Lipinski definition) is 0. The molecule has 2 aromatic heterocycles. The molecule has 1 aliphatic rings. The van der Waals surface area contributed by atoms with Crippen molar-refractivity contribution in [3.8, 4) is 0 Å². The van der Waals surface area contributed by atoms with E-state index in [4.69, 9.17) is 9.15 Å². The van der Waals surface area contributed by atoms with E-state index in [1.807, 2.05) is 47.5 Å². The normalized spacial score (nSPS) is 17.2. The molecule has 0 radical (unpaired) electrons. The summed E-state index contributed by atoms with van der Waals surface area (Å²) in [5.41, 5.74) is 1.67. The average Bonchev–Trinajstić information content (AvgIpc) is 3.36. The van der Waals surface area contributed by atoms with Crippen LogP contribution in [0.1, 0.15) is 33.8 Å². The molecule has 3 heterocycles. The van der Waals surface area contributed by atoms with Crippen molar-refractivity contribution in [3.63, 3.8) is 0 Å². The maximum Gasteiger partial charge on any atom is 0.290 e. The zero-order chi connectivity index (χ0) is 17.2. The Hall–Kier alpha value is -2.11. The van der Waals surface area contributed by atoms with Crippen LogP contribution in [0.25, 0.3) is 11.0 Å². The highest BCUT2D eigenvalue weighted by Gasteiger charge is 2.27. The van der Waals surface area contributed by atoms with Crippen LogP contribution < -0.4 is 0 Å². The van der Waals surface area contributed by atoms with Crippen LogP contribution in [0.5, 0.6) is 0 Å². The molecule has 4 nitrogen and oxygen atoms in total. The first-order valence-electron chi connectivity index (χ1n) is 8.64. The Labute approximate surface area is 151 Å². The molecule has 0 bridgehead atoms. The molecule has 1 aromatic carbocycles. The Bertz CT molecular complexity index is 862. The second-order valence-corrected chi connectivity index (χ2v) is 7.48. The van der Waals surface area contributed by atoms with Crippen LogP contribution in [-0.2, 0) is 11.3 Å². The van der Waals surface area contributed by atoms with Crippen LogP contribution in [0.2, 0.25) is 0 Å². The second kappa shape index (κ2) is 7.02. The largest absolute Gasteiger partial charge is 0.451 e. The summed E-state index contributed by atoms with van der Waals surface area (Å²) in [5, 5.41) is 3.04. The van der Waals surface area contributed by atoms with E-state index < -0.39 is 0 Å². The summed E-state index contributed by atoms with van der Waals surface area (Å²) in [6.07, 6.45) is 2.19. The van der Waals surface area contributed by atoms with Crippen molar-refractivity contribution in [1.82, 2.24) is 4.90 Å². The Kier molecular flexibility index (Phi) is 4.59. The van der Waals surface area contributed by atoms with Crippen molar-refractivity contribution < 1.29 is 13.9 Å². The lowest BCUT2D eigenvalue weighted by Gasteiger charge is -2.24. The summed E-state index contributed by atoms with van der Waals surface area (Å²) in [5.74, 6) is 0.383. The summed E-state index contributed by atoms with van der Waals surface area (Å²) in [6, 6.07) is 11.9. The van der Waals surface area contributed by atoms with Gasteiger partial charge in [0.15, 0.2) is 5.76 Å². The number of furan rings is 1. The first-order valence-corrected chi connectivity index (χ1v) is 9.52. The molecule has 0 spiro atoms. The molecule has 5 heteroatoms. The van der Waals surface area contributed by atoms with Gasteiger partial charge in [0.1, 0.15) is 5.58 Å². The van der Waals surface area contributed by atoms with Gasteiger partial charge >= 0.3 is 0 Å². The number of benzene rings is 1. The zero-order valence-corrected chi connectivity index (χ0v) is 15.1. The van der Waals surface area contributed by atoms with E-state index in [1.165, 1.54) is 4.88 Å². The van der Waals surface area contributed by atoms with Gasteiger partial charge in [0.05, 0.1) is 12.6 Å². The third-order valence-corrected chi connectivity index (χ3v) is 5.56. The van der Waals surface area contributed by atoms with E-state index in [0.717, 1.165) is 36.0 Å². The van der Waals surface area contributed by atoms with Crippen LogP contribution in [-0.4, -0.2) is 30.1 Å². The number of thiophene rings is 1. The smallest absolute Gasteiger partial charge is 0.290 e. The maximum absolute atomic E-state index is 13.2. The lowest BCUT2D eigenvalue weighted by Crippen LogP contribution is -2.36. The fourth-order valence-corrected chi connectivity index (χ4v) is 4.09. The number of nitrogens with zero attached hydrogens (tertiary/aromatic N) is 1. The first kappa shape index (κ1) is 16.4. The standard InChI is InChI=1S/C20H21NO3S/c1-14-17-8-2-3-9-18(17)24-19(14)20(22)21(12-15-6-4-10-23-15)13-16-7-5-11-25-16/h2-3,5,7-9,11,15H,4,6,10,12-13H2,1H3. The van der Waals surface area contributed by atoms with Gasteiger partial charge in [-0.25, -0.2) is 0 Å². The number of carbonyl (C=O) groups is 1. The number of carbonyl (C=O) groups excluding carboxylic acids is 1.